The molecule has 1 aliphatic rings. The molecule has 1 aliphatic heterocycles. The number of hydrogen-bond donors (Lipinski definition) is 1. The summed E-state index contributed by atoms with van der Waals surface area (Å²) in [6, 6.07) is 9.30. The van der Waals surface area contributed by atoms with E-state index < -0.39 is 21.8 Å². The standard InChI is InChI=1S/C17H19FN2O3S2/c1-12-8-9-16(24-12)25(22,23)20-10-4-5-13(11-20)17(21)19-15-7-3-2-6-14(15)18/h2-3,6-9,13H,4-5,10-11H2,1H3,(H,19,21). The summed E-state index contributed by atoms with van der Waals surface area (Å²) in [5, 5.41) is 2.56. The molecule has 5 nitrogen and oxygen atoms in total. The van der Waals surface area contributed by atoms with E-state index in [-0.39, 0.29) is 18.1 Å². The summed E-state index contributed by atoms with van der Waals surface area (Å²) in [6.07, 6.45) is 1.18. The van der Waals surface area contributed by atoms with E-state index in [2.05, 4.69) is 5.32 Å². The molecule has 0 saturated carbocycles. The number of nitrogens with zero attached hydrogens (tertiary/aromatic N) is 1. The highest BCUT2D eigenvalue weighted by atomic mass is 32.2. The van der Waals surface area contributed by atoms with Crippen LogP contribution in [0.1, 0.15) is 17.7 Å². The van der Waals surface area contributed by atoms with Gasteiger partial charge in [0.25, 0.3) is 10.0 Å². The van der Waals surface area contributed by atoms with Crippen molar-refractivity contribution in [3.63, 3.8) is 0 Å². The SMILES string of the molecule is Cc1ccc(S(=O)(=O)N2CCCC(C(=O)Nc3ccccc3F)C2)s1. The van der Waals surface area contributed by atoms with Crippen LogP contribution in [0, 0.1) is 18.7 Å². The van der Waals surface area contributed by atoms with E-state index in [1.54, 1.807) is 24.3 Å². The van der Waals surface area contributed by atoms with Gasteiger partial charge in [-0.3, -0.25) is 4.79 Å². The maximum atomic E-state index is 13.7. The summed E-state index contributed by atoms with van der Waals surface area (Å²) >= 11 is 1.22. The minimum atomic E-state index is -3.59. The summed E-state index contributed by atoms with van der Waals surface area (Å²) in [6.45, 7) is 2.35. The Morgan fingerprint density at radius 2 is 2.04 bits per heavy atom. The lowest BCUT2D eigenvalue weighted by Gasteiger charge is -2.30. The van der Waals surface area contributed by atoms with E-state index in [1.165, 1.54) is 27.8 Å². The van der Waals surface area contributed by atoms with Crippen LogP contribution < -0.4 is 5.32 Å². The summed E-state index contributed by atoms with van der Waals surface area (Å²) in [4.78, 5) is 13.4. The Morgan fingerprint density at radius 1 is 1.28 bits per heavy atom. The molecule has 1 unspecified atom stereocenters. The van der Waals surface area contributed by atoms with Gasteiger partial charge in [-0.25, -0.2) is 12.8 Å². The molecule has 2 heterocycles. The molecule has 0 spiro atoms. The maximum Gasteiger partial charge on any atom is 0.252 e. The number of carbonyl (C=O) groups is 1. The number of benzene rings is 1. The molecule has 1 aromatic carbocycles. The van der Waals surface area contributed by atoms with Gasteiger partial charge in [-0.15, -0.1) is 11.3 Å². The minimum absolute atomic E-state index is 0.111. The average molecular weight is 382 g/mol. The number of halogens is 1. The molecule has 1 amide bonds. The van der Waals surface area contributed by atoms with E-state index in [0.29, 0.717) is 23.6 Å². The molecular weight excluding hydrogens is 363 g/mol. The monoisotopic (exact) mass is 382 g/mol. The maximum absolute atomic E-state index is 13.7. The Morgan fingerprint density at radius 3 is 2.72 bits per heavy atom. The number of aryl methyl sites for hydroxylation is 1. The molecule has 1 saturated heterocycles. The molecular formula is C17H19FN2O3S2. The normalized spacial score (nSPS) is 18.9. The molecule has 0 aliphatic carbocycles. The first-order valence-electron chi connectivity index (χ1n) is 8.00. The van der Waals surface area contributed by atoms with Crippen LogP contribution in [0.25, 0.3) is 0 Å². The fraction of sp³-hybridized carbons (Fsp3) is 0.353. The number of para-hydroxylation sites is 1. The highest BCUT2D eigenvalue weighted by Gasteiger charge is 2.34. The van der Waals surface area contributed by atoms with E-state index in [1.807, 2.05) is 6.92 Å². The van der Waals surface area contributed by atoms with Gasteiger partial charge < -0.3 is 5.32 Å². The molecule has 25 heavy (non-hydrogen) atoms. The summed E-state index contributed by atoms with van der Waals surface area (Å²) in [5.41, 5.74) is 0.112. The summed E-state index contributed by atoms with van der Waals surface area (Å²) in [7, 11) is -3.59. The van der Waals surface area contributed by atoms with Crippen molar-refractivity contribution in [3.05, 3.63) is 47.1 Å². The number of carbonyl (C=O) groups excluding carboxylic acids is 1. The largest absolute Gasteiger partial charge is 0.323 e. The lowest BCUT2D eigenvalue weighted by molar-refractivity contribution is -0.120. The van der Waals surface area contributed by atoms with Gasteiger partial charge in [0.15, 0.2) is 0 Å². The van der Waals surface area contributed by atoms with Crippen molar-refractivity contribution in [3.8, 4) is 0 Å². The lowest BCUT2D eigenvalue weighted by Crippen LogP contribution is -2.43. The predicted octanol–water partition coefficient (Wildman–Crippen LogP) is 3.24. The number of piperidine rings is 1. The minimum Gasteiger partial charge on any atom is -0.323 e. The first-order chi connectivity index (χ1) is 11.9. The smallest absolute Gasteiger partial charge is 0.252 e. The highest BCUT2D eigenvalue weighted by molar-refractivity contribution is 7.91. The third-order valence-corrected chi connectivity index (χ3v) is 7.53. The van der Waals surface area contributed by atoms with Crippen LogP contribution in [-0.2, 0) is 14.8 Å². The van der Waals surface area contributed by atoms with Crippen molar-refractivity contribution in [1.29, 1.82) is 0 Å². The Bertz CT molecular complexity index is 880. The molecule has 1 atom stereocenters. The third kappa shape index (κ3) is 3.91. The zero-order valence-electron chi connectivity index (χ0n) is 13.7. The number of anilines is 1. The molecule has 3 rings (SSSR count). The van der Waals surface area contributed by atoms with E-state index >= 15 is 0 Å². The molecule has 8 heteroatoms. The topological polar surface area (TPSA) is 66.5 Å². The summed E-state index contributed by atoms with van der Waals surface area (Å²) < 4.78 is 40.8. The van der Waals surface area contributed by atoms with Crippen molar-refractivity contribution in [2.24, 2.45) is 5.92 Å². The molecule has 1 aromatic heterocycles. The van der Waals surface area contributed by atoms with Gasteiger partial charge in [0.05, 0.1) is 11.6 Å². The van der Waals surface area contributed by atoms with Crippen molar-refractivity contribution >= 4 is 33.0 Å². The first kappa shape index (κ1) is 18.0. The number of rotatable bonds is 4. The van der Waals surface area contributed by atoms with Crippen molar-refractivity contribution in [2.45, 2.75) is 24.0 Å². The van der Waals surface area contributed by atoms with Gasteiger partial charge in [0.1, 0.15) is 10.0 Å². The van der Waals surface area contributed by atoms with E-state index in [0.717, 1.165) is 4.88 Å². The van der Waals surface area contributed by atoms with Gasteiger partial charge in [-0.2, -0.15) is 4.31 Å². The van der Waals surface area contributed by atoms with Gasteiger partial charge in [-0.1, -0.05) is 12.1 Å². The average Bonchev–Trinajstić information content (AvgIpc) is 3.04. The first-order valence-corrected chi connectivity index (χ1v) is 10.3. The summed E-state index contributed by atoms with van der Waals surface area (Å²) in [5.74, 6) is -1.36. The fourth-order valence-corrected chi connectivity index (χ4v) is 5.81. The molecule has 0 bridgehead atoms. The number of amides is 1. The molecule has 2 aromatic rings. The van der Waals surface area contributed by atoms with Crippen molar-refractivity contribution in [2.75, 3.05) is 18.4 Å². The molecule has 134 valence electrons. The lowest BCUT2D eigenvalue weighted by atomic mass is 9.98. The van der Waals surface area contributed by atoms with Crippen molar-refractivity contribution < 1.29 is 17.6 Å². The van der Waals surface area contributed by atoms with Crippen LogP contribution in [0.5, 0.6) is 0 Å². The Balaban J connectivity index is 1.73. The quantitative estimate of drug-likeness (QED) is 0.883. The molecule has 0 radical (unpaired) electrons. The zero-order chi connectivity index (χ0) is 18.0. The Hall–Kier alpha value is -1.77. The Kier molecular flexibility index (Phi) is 5.21. The highest BCUT2D eigenvalue weighted by Crippen LogP contribution is 2.28. The van der Waals surface area contributed by atoms with E-state index in [4.69, 9.17) is 0 Å². The number of sulfonamides is 1. The zero-order valence-corrected chi connectivity index (χ0v) is 15.4. The Labute approximate surface area is 150 Å². The van der Waals surface area contributed by atoms with Crippen LogP contribution in [0.15, 0.2) is 40.6 Å². The van der Waals surface area contributed by atoms with Crippen LogP contribution in [0.4, 0.5) is 10.1 Å². The molecule has 1 fully saturated rings. The molecule has 1 N–H and O–H groups in total. The van der Waals surface area contributed by atoms with Gasteiger partial charge in [0, 0.05) is 18.0 Å². The van der Waals surface area contributed by atoms with Crippen LogP contribution in [0.3, 0.4) is 0 Å². The van der Waals surface area contributed by atoms with Crippen molar-refractivity contribution in [1.82, 2.24) is 4.31 Å². The predicted molar refractivity (Wildman–Crippen MR) is 95.6 cm³/mol. The second-order valence-electron chi connectivity index (χ2n) is 6.04. The number of thiophene rings is 1. The van der Waals surface area contributed by atoms with Gasteiger partial charge in [-0.05, 0) is 44.0 Å². The van der Waals surface area contributed by atoms with E-state index in [9.17, 15) is 17.6 Å². The fourth-order valence-electron chi connectivity index (χ4n) is 2.85. The van der Waals surface area contributed by atoms with Gasteiger partial charge in [0.2, 0.25) is 5.91 Å². The van der Waals surface area contributed by atoms with Crippen LogP contribution in [-0.4, -0.2) is 31.7 Å². The second kappa shape index (κ2) is 7.23. The van der Waals surface area contributed by atoms with Gasteiger partial charge >= 0.3 is 0 Å². The third-order valence-electron chi connectivity index (χ3n) is 4.20. The van der Waals surface area contributed by atoms with Crippen LogP contribution >= 0.6 is 11.3 Å². The van der Waals surface area contributed by atoms with Crippen LogP contribution in [0.2, 0.25) is 0 Å². The number of nitrogens with one attached hydrogen (secondary N) is 1. The second-order valence-corrected chi connectivity index (χ2v) is 9.49. The number of hydrogen-bond acceptors (Lipinski definition) is 4.